The fourth-order valence-electron chi connectivity index (χ4n) is 3.23. The second kappa shape index (κ2) is 5.19. The van der Waals surface area contributed by atoms with Crippen molar-refractivity contribution in [2.75, 3.05) is 0 Å². The Labute approximate surface area is 133 Å². The van der Waals surface area contributed by atoms with Gasteiger partial charge in [-0.15, -0.1) is 0 Å². The second-order valence-electron chi connectivity index (χ2n) is 5.91. The minimum Gasteiger partial charge on any atom is -0.478 e. The third kappa shape index (κ3) is 2.29. The van der Waals surface area contributed by atoms with Crippen molar-refractivity contribution in [3.8, 4) is 11.4 Å². The first-order valence-corrected chi connectivity index (χ1v) is 7.76. The summed E-state index contributed by atoms with van der Waals surface area (Å²) in [7, 11) is 0. The molecule has 1 aliphatic carbocycles. The third-order valence-electron chi connectivity index (χ3n) is 4.39. The number of fused-ring (bicyclic) bond motifs is 3. The van der Waals surface area contributed by atoms with Crippen LogP contribution in [0.5, 0.6) is 0 Å². The zero-order valence-corrected chi connectivity index (χ0v) is 12.8. The van der Waals surface area contributed by atoms with E-state index in [1.165, 1.54) is 12.0 Å². The first kappa shape index (κ1) is 13.9. The lowest BCUT2D eigenvalue weighted by molar-refractivity contribution is 0.0697. The molecule has 3 aromatic rings. The molecule has 2 heterocycles. The maximum Gasteiger partial charge on any atom is 0.335 e. The molecule has 4 rings (SSSR count). The first-order valence-electron chi connectivity index (χ1n) is 7.76. The van der Waals surface area contributed by atoms with Gasteiger partial charge in [-0.2, -0.15) is 4.98 Å². The molecule has 0 fully saturated rings. The van der Waals surface area contributed by atoms with Crippen LogP contribution in [0.2, 0.25) is 0 Å². The minimum atomic E-state index is -0.942. The molecule has 5 heteroatoms. The molecular weight excluding hydrogens is 292 g/mol. The number of hydrogen-bond donors (Lipinski definition) is 1. The number of carbonyl (C=O) groups is 1. The van der Waals surface area contributed by atoms with Crippen LogP contribution in [0.1, 0.15) is 40.2 Å². The van der Waals surface area contributed by atoms with E-state index in [1.54, 1.807) is 24.3 Å². The zero-order valence-electron chi connectivity index (χ0n) is 12.8. The van der Waals surface area contributed by atoms with Crippen molar-refractivity contribution in [3.05, 3.63) is 46.8 Å². The zero-order chi connectivity index (χ0) is 16.0. The van der Waals surface area contributed by atoms with Gasteiger partial charge in [0.15, 0.2) is 5.82 Å². The van der Waals surface area contributed by atoms with Crippen molar-refractivity contribution in [2.24, 2.45) is 0 Å². The number of carboxylic acid groups (broad SMARTS) is 1. The molecule has 2 aromatic heterocycles. The van der Waals surface area contributed by atoms with Crippen LogP contribution in [0.3, 0.4) is 0 Å². The molecule has 0 atom stereocenters. The normalized spacial score (nSPS) is 14.0. The van der Waals surface area contributed by atoms with Gasteiger partial charge in [-0.05, 0) is 38.3 Å². The third-order valence-corrected chi connectivity index (χ3v) is 4.39. The topological polar surface area (TPSA) is 76.2 Å². The summed E-state index contributed by atoms with van der Waals surface area (Å²) in [6, 6.07) is 6.58. The summed E-state index contributed by atoms with van der Waals surface area (Å²) in [4.78, 5) is 20.1. The van der Waals surface area contributed by atoms with Gasteiger partial charge in [0.1, 0.15) is 5.76 Å². The molecular formula is C18H16N2O3. The van der Waals surface area contributed by atoms with Crippen LogP contribution in [-0.2, 0) is 12.8 Å². The quantitative estimate of drug-likeness (QED) is 0.779. The molecule has 0 amide bonds. The van der Waals surface area contributed by atoms with E-state index in [0.717, 1.165) is 41.7 Å². The highest BCUT2D eigenvalue weighted by Gasteiger charge is 2.21. The van der Waals surface area contributed by atoms with Gasteiger partial charge in [0.25, 0.3) is 0 Å². The van der Waals surface area contributed by atoms with Gasteiger partial charge in [0.05, 0.1) is 16.6 Å². The highest BCUT2D eigenvalue weighted by atomic mass is 16.4. The van der Waals surface area contributed by atoms with Gasteiger partial charge in [0.2, 0.25) is 5.71 Å². The highest BCUT2D eigenvalue weighted by molar-refractivity contribution is 5.88. The van der Waals surface area contributed by atoms with E-state index < -0.39 is 5.97 Å². The van der Waals surface area contributed by atoms with E-state index in [-0.39, 0.29) is 5.56 Å². The van der Waals surface area contributed by atoms with E-state index in [4.69, 9.17) is 9.52 Å². The Morgan fingerprint density at radius 1 is 1.13 bits per heavy atom. The number of hydrogen-bond acceptors (Lipinski definition) is 4. The number of carboxylic acids is 1. The Morgan fingerprint density at radius 2 is 1.87 bits per heavy atom. The number of benzene rings is 1. The average molecular weight is 308 g/mol. The summed E-state index contributed by atoms with van der Waals surface area (Å²) < 4.78 is 5.95. The van der Waals surface area contributed by atoms with Crippen molar-refractivity contribution in [1.29, 1.82) is 0 Å². The van der Waals surface area contributed by atoms with E-state index >= 15 is 0 Å². The van der Waals surface area contributed by atoms with E-state index in [1.807, 2.05) is 6.92 Å². The van der Waals surface area contributed by atoms with Crippen LogP contribution in [0.15, 0.2) is 28.7 Å². The van der Waals surface area contributed by atoms with Gasteiger partial charge in [0, 0.05) is 17.5 Å². The van der Waals surface area contributed by atoms with Crippen LogP contribution in [0.4, 0.5) is 0 Å². The monoisotopic (exact) mass is 308 g/mol. The molecule has 0 radical (unpaired) electrons. The first-order chi connectivity index (χ1) is 11.1. The highest BCUT2D eigenvalue weighted by Crippen LogP contribution is 2.33. The van der Waals surface area contributed by atoms with Gasteiger partial charge >= 0.3 is 5.97 Å². The predicted molar refractivity (Wildman–Crippen MR) is 85.6 cm³/mol. The van der Waals surface area contributed by atoms with Crippen LogP contribution >= 0.6 is 0 Å². The molecule has 0 aliphatic heterocycles. The number of furan rings is 1. The Bertz CT molecular complexity index is 910. The maximum atomic E-state index is 10.9. The summed E-state index contributed by atoms with van der Waals surface area (Å²) in [5.41, 5.74) is 3.85. The number of aromatic carboxylic acids is 1. The van der Waals surface area contributed by atoms with E-state index in [9.17, 15) is 4.79 Å². The van der Waals surface area contributed by atoms with E-state index in [0.29, 0.717) is 11.5 Å². The largest absolute Gasteiger partial charge is 0.478 e. The molecule has 23 heavy (non-hydrogen) atoms. The SMILES string of the molecule is Cc1nc(-c2ccc(C(=O)O)cc2)nc2oc3c(c12)CCCC3. The van der Waals surface area contributed by atoms with Crippen molar-refractivity contribution in [3.63, 3.8) is 0 Å². The Hall–Kier alpha value is -2.69. The molecule has 1 N–H and O–H groups in total. The van der Waals surface area contributed by atoms with Crippen molar-refractivity contribution in [2.45, 2.75) is 32.6 Å². The van der Waals surface area contributed by atoms with Gasteiger partial charge in [-0.1, -0.05) is 12.1 Å². The number of rotatable bonds is 2. The van der Waals surface area contributed by atoms with Crippen LogP contribution in [0.25, 0.3) is 22.5 Å². The number of aromatic nitrogens is 2. The Balaban J connectivity index is 1.83. The Kier molecular flexibility index (Phi) is 3.15. The molecule has 0 saturated heterocycles. The predicted octanol–water partition coefficient (Wildman–Crippen LogP) is 3.78. The van der Waals surface area contributed by atoms with E-state index in [2.05, 4.69) is 9.97 Å². The summed E-state index contributed by atoms with van der Waals surface area (Å²) >= 11 is 0. The lowest BCUT2D eigenvalue weighted by atomic mass is 9.96. The lowest BCUT2D eigenvalue weighted by Crippen LogP contribution is -2.00. The summed E-state index contributed by atoms with van der Waals surface area (Å²) in [5.74, 6) is 0.669. The maximum absolute atomic E-state index is 10.9. The molecule has 0 bridgehead atoms. The fourth-order valence-corrected chi connectivity index (χ4v) is 3.23. The molecule has 116 valence electrons. The second-order valence-corrected chi connectivity index (χ2v) is 5.91. The summed E-state index contributed by atoms with van der Waals surface area (Å²) in [5, 5.41) is 10.0. The standard InChI is InChI=1S/C18H16N2O3/c1-10-15-13-4-2-3-5-14(13)23-17(15)20-16(19-10)11-6-8-12(9-7-11)18(21)22/h6-9H,2-5H2,1H3,(H,21,22). The van der Waals surface area contributed by atoms with Crippen molar-refractivity contribution < 1.29 is 14.3 Å². The van der Waals surface area contributed by atoms with Crippen molar-refractivity contribution in [1.82, 2.24) is 9.97 Å². The van der Waals surface area contributed by atoms with Gasteiger partial charge in [-0.25, -0.2) is 9.78 Å². The van der Waals surface area contributed by atoms with Crippen LogP contribution < -0.4 is 0 Å². The molecule has 1 aromatic carbocycles. The Morgan fingerprint density at radius 3 is 2.61 bits per heavy atom. The minimum absolute atomic E-state index is 0.250. The van der Waals surface area contributed by atoms with Gasteiger partial charge in [-0.3, -0.25) is 0 Å². The molecule has 1 aliphatic rings. The van der Waals surface area contributed by atoms with Crippen LogP contribution in [0, 0.1) is 6.92 Å². The summed E-state index contributed by atoms with van der Waals surface area (Å²) in [6.07, 6.45) is 4.33. The molecule has 0 unspecified atom stereocenters. The van der Waals surface area contributed by atoms with Crippen molar-refractivity contribution >= 4 is 17.1 Å². The molecule has 5 nitrogen and oxygen atoms in total. The lowest BCUT2D eigenvalue weighted by Gasteiger charge is -2.09. The van der Waals surface area contributed by atoms with Gasteiger partial charge < -0.3 is 9.52 Å². The molecule has 0 saturated carbocycles. The van der Waals surface area contributed by atoms with Crippen LogP contribution in [-0.4, -0.2) is 21.0 Å². The number of aryl methyl sites for hydroxylation is 3. The molecule has 0 spiro atoms. The number of nitrogens with zero attached hydrogens (tertiary/aromatic N) is 2. The smallest absolute Gasteiger partial charge is 0.335 e. The fraction of sp³-hybridized carbons (Fsp3) is 0.278. The average Bonchev–Trinajstić information content (AvgIpc) is 2.93. The summed E-state index contributed by atoms with van der Waals surface area (Å²) in [6.45, 7) is 1.98.